The summed E-state index contributed by atoms with van der Waals surface area (Å²) < 4.78 is 6.33. The van der Waals surface area contributed by atoms with Crippen LogP contribution in [0.1, 0.15) is 51.8 Å². The number of nitrogens with two attached hydrogens (primary N) is 1. The van der Waals surface area contributed by atoms with Gasteiger partial charge in [-0.1, -0.05) is 0 Å². The molecule has 0 aliphatic carbocycles. The minimum absolute atomic E-state index is 0.0938. The molecule has 2 heterocycles. The number of carbonyl (C=O) groups excluding carboxylic acids is 1. The minimum atomic E-state index is -0.275. The van der Waals surface area contributed by atoms with E-state index in [4.69, 9.17) is 10.2 Å². The van der Waals surface area contributed by atoms with Crippen molar-refractivity contribution in [1.82, 2.24) is 4.90 Å². The second-order valence-corrected chi connectivity index (χ2v) is 6.86. The van der Waals surface area contributed by atoms with Gasteiger partial charge in [-0.25, -0.2) is 0 Å². The molecule has 0 bridgehead atoms. The Morgan fingerprint density at radius 1 is 1.42 bits per heavy atom. The first-order valence-corrected chi connectivity index (χ1v) is 7.43. The molecule has 2 atom stereocenters. The smallest absolute Gasteiger partial charge is 0.223 e. The summed E-state index contributed by atoms with van der Waals surface area (Å²) in [5, 5.41) is 0. The van der Waals surface area contributed by atoms with Crippen molar-refractivity contribution in [1.29, 1.82) is 0 Å². The first-order chi connectivity index (χ1) is 8.80. The number of likely N-dealkylation sites (tertiary alicyclic amines) is 1. The molecule has 5 heteroatoms. The van der Waals surface area contributed by atoms with Gasteiger partial charge in [0.1, 0.15) is 11.8 Å². The second-order valence-electron chi connectivity index (χ2n) is 6.08. The maximum Gasteiger partial charge on any atom is 0.223 e. The first kappa shape index (κ1) is 14.6. The third-order valence-corrected chi connectivity index (χ3v) is 3.91. The lowest BCUT2D eigenvalue weighted by Gasteiger charge is -2.41. The van der Waals surface area contributed by atoms with Gasteiger partial charge >= 0.3 is 0 Å². The molecule has 1 aromatic rings. The molecule has 1 aliphatic heterocycles. The van der Waals surface area contributed by atoms with Gasteiger partial charge in [0, 0.05) is 18.0 Å². The van der Waals surface area contributed by atoms with Gasteiger partial charge in [0.2, 0.25) is 5.91 Å². The van der Waals surface area contributed by atoms with Crippen LogP contribution in [0, 0.1) is 0 Å². The molecular formula is C14H21BrN2O2. The number of furan rings is 1. The van der Waals surface area contributed by atoms with E-state index in [1.54, 1.807) is 0 Å². The van der Waals surface area contributed by atoms with E-state index in [0.717, 1.165) is 18.6 Å². The fourth-order valence-corrected chi connectivity index (χ4v) is 3.05. The van der Waals surface area contributed by atoms with E-state index < -0.39 is 0 Å². The number of rotatable bonds is 1. The molecule has 1 amide bonds. The van der Waals surface area contributed by atoms with Crippen LogP contribution in [0.25, 0.3) is 0 Å². The Hall–Kier alpha value is -0.810. The van der Waals surface area contributed by atoms with Crippen molar-refractivity contribution in [3.05, 3.63) is 22.6 Å². The number of carbonyl (C=O) groups is 1. The summed E-state index contributed by atoms with van der Waals surface area (Å²) in [6.07, 6.45) is 2.23. The van der Waals surface area contributed by atoms with Crippen LogP contribution in [0.2, 0.25) is 0 Å². The third kappa shape index (κ3) is 3.03. The van der Waals surface area contributed by atoms with Crippen LogP contribution in [0.4, 0.5) is 0 Å². The van der Waals surface area contributed by atoms with Gasteiger partial charge < -0.3 is 15.1 Å². The van der Waals surface area contributed by atoms with Crippen LogP contribution < -0.4 is 5.73 Å². The Morgan fingerprint density at radius 2 is 2.11 bits per heavy atom. The van der Waals surface area contributed by atoms with Crippen molar-refractivity contribution >= 4 is 21.8 Å². The molecule has 0 aromatic carbocycles. The Kier molecular flexibility index (Phi) is 4.06. The molecule has 0 spiro atoms. The molecule has 0 radical (unpaired) electrons. The van der Waals surface area contributed by atoms with E-state index in [2.05, 4.69) is 15.9 Å². The quantitative estimate of drug-likeness (QED) is 0.860. The number of hydrogen-bond donors (Lipinski definition) is 1. The van der Waals surface area contributed by atoms with Crippen molar-refractivity contribution in [3.8, 4) is 0 Å². The molecule has 2 unspecified atom stereocenters. The van der Waals surface area contributed by atoms with E-state index in [0.29, 0.717) is 11.1 Å². The molecule has 1 fully saturated rings. The SMILES string of the molecule is CC(C)(C)N1C(=O)CCCC(N)C1c1ccc(Br)o1. The zero-order chi connectivity index (χ0) is 14.2. The maximum atomic E-state index is 12.4. The molecule has 106 valence electrons. The van der Waals surface area contributed by atoms with E-state index >= 15 is 0 Å². The highest BCUT2D eigenvalue weighted by molar-refractivity contribution is 9.10. The van der Waals surface area contributed by atoms with Gasteiger partial charge in [-0.3, -0.25) is 4.79 Å². The standard InChI is InChI=1S/C14H21BrN2O2/c1-14(2,3)17-12(18)6-4-5-9(16)13(17)10-7-8-11(15)19-10/h7-9,13H,4-6,16H2,1-3H3. The van der Waals surface area contributed by atoms with Gasteiger partial charge in [0.25, 0.3) is 0 Å². The summed E-state index contributed by atoms with van der Waals surface area (Å²) in [7, 11) is 0. The number of halogens is 1. The fraction of sp³-hybridized carbons (Fsp3) is 0.643. The van der Waals surface area contributed by atoms with Crippen LogP contribution in [-0.4, -0.2) is 22.4 Å². The van der Waals surface area contributed by atoms with Crippen LogP contribution in [0.5, 0.6) is 0 Å². The summed E-state index contributed by atoms with van der Waals surface area (Å²) in [5.74, 6) is 0.905. The number of hydrogen-bond acceptors (Lipinski definition) is 3. The predicted octanol–water partition coefficient (Wildman–Crippen LogP) is 3.22. The van der Waals surface area contributed by atoms with Crippen molar-refractivity contribution < 1.29 is 9.21 Å². The summed E-state index contributed by atoms with van der Waals surface area (Å²) in [4.78, 5) is 14.3. The average Bonchev–Trinajstić information content (AvgIpc) is 2.63. The average molecular weight is 329 g/mol. The number of nitrogens with zero attached hydrogens (tertiary/aromatic N) is 1. The Labute approximate surface area is 122 Å². The van der Waals surface area contributed by atoms with Gasteiger partial charge in [-0.2, -0.15) is 0 Å². The topological polar surface area (TPSA) is 59.5 Å². The van der Waals surface area contributed by atoms with Gasteiger partial charge in [-0.15, -0.1) is 0 Å². The second kappa shape index (κ2) is 5.29. The molecule has 2 rings (SSSR count). The lowest BCUT2D eigenvalue weighted by atomic mass is 9.96. The molecule has 1 aromatic heterocycles. The highest BCUT2D eigenvalue weighted by atomic mass is 79.9. The molecule has 4 nitrogen and oxygen atoms in total. The van der Waals surface area contributed by atoms with Gasteiger partial charge in [-0.05, 0) is 61.7 Å². The normalized spacial score (nSPS) is 25.5. The van der Waals surface area contributed by atoms with Gasteiger partial charge in [0.15, 0.2) is 4.67 Å². The van der Waals surface area contributed by atoms with Crippen LogP contribution in [0.15, 0.2) is 21.2 Å². The summed E-state index contributed by atoms with van der Waals surface area (Å²) >= 11 is 3.31. The highest BCUT2D eigenvalue weighted by Gasteiger charge is 2.40. The predicted molar refractivity (Wildman–Crippen MR) is 77.6 cm³/mol. The molecular weight excluding hydrogens is 308 g/mol. The molecule has 19 heavy (non-hydrogen) atoms. The molecule has 1 saturated heterocycles. The number of amides is 1. The van der Waals surface area contributed by atoms with Crippen LogP contribution >= 0.6 is 15.9 Å². The Morgan fingerprint density at radius 3 is 2.63 bits per heavy atom. The molecule has 2 N–H and O–H groups in total. The van der Waals surface area contributed by atoms with Crippen LogP contribution in [-0.2, 0) is 4.79 Å². The fourth-order valence-electron chi connectivity index (χ4n) is 2.73. The largest absolute Gasteiger partial charge is 0.452 e. The van der Waals surface area contributed by atoms with E-state index in [1.165, 1.54) is 0 Å². The monoisotopic (exact) mass is 328 g/mol. The summed E-state index contributed by atoms with van der Waals surface area (Å²) in [6.45, 7) is 6.11. The molecule has 1 aliphatic rings. The highest BCUT2D eigenvalue weighted by Crippen LogP contribution is 2.36. The summed E-state index contributed by atoms with van der Waals surface area (Å²) in [5.41, 5.74) is 6.03. The Bertz CT molecular complexity index is 464. The lowest BCUT2D eigenvalue weighted by molar-refractivity contribution is -0.139. The van der Waals surface area contributed by atoms with E-state index in [1.807, 2.05) is 37.8 Å². The zero-order valence-electron chi connectivity index (χ0n) is 11.6. The van der Waals surface area contributed by atoms with Gasteiger partial charge in [0.05, 0.1) is 0 Å². The van der Waals surface area contributed by atoms with Crippen molar-refractivity contribution in [2.24, 2.45) is 5.73 Å². The Balaban J connectivity index is 2.45. The van der Waals surface area contributed by atoms with E-state index in [9.17, 15) is 4.79 Å². The third-order valence-electron chi connectivity index (χ3n) is 3.49. The minimum Gasteiger partial charge on any atom is -0.452 e. The summed E-state index contributed by atoms with van der Waals surface area (Å²) in [6, 6.07) is 3.45. The molecule has 0 saturated carbocycles. The first-order valence-electron chi connectivity index (χ1n) is 6.63. The maximum absolute atomic E-state index is 12.4. The van der Waals surface area contributed by atoms with Crippen LogP contribution in [0.3, 0.4) is 0 Å². The van der Waals surface area contributed by atoms with Crippen molar-refractivity contribution in [2.75, 3.05) is 0 Å². The van der Waals surface area contributed by atoms with E-state index in [-0.39, 0.29) is 23.5 Å². The van der Waals surface area contributed by atoms with Crippen molar-refractivity contribution in [3.63, 3.8) is 0 Å². The van der Waals surface area contributed by atoms with Crippen molar-refractivity contribution in [2.45, 2.75) is 57.7 Å². The lowest BCUT2D eigenvalue weighted by Crippen LogP contribution is -2.51. The zero-order valence-corrected chi connectivity index (χ0v) is 13.2.